The maximum absolute atomic E-state index is 5.06. The second kappa shape index (κ2) is 5.34. The molecule has 0 bridgehead atoms. The van der Waals surface area contributed by atoms with Crippen LogP contribution >= 0.6 is 0 Å². The van der Waals surface area contributed by atoms with Gasteiger partial charge in [0.15, 0.2) is 0 Å². The third-order valence-electron chi connectivity index (χ3n) is 2.53. The molecule has 1 N–H and O–H groups in total. The van der Waals surface area contributed by atoms with Crippen molar-refractivity contribution in [2.45, 2.75) is 13.5 Å². The fourth-order valence-corrected chi connectivity index (χ4v) is 1.62. The number of rotatable bonds is 4. The fourth-order valence-electron chi connectivity index (χ4n) is 1.62. The monoisotopic (exact) mass is 228 g/mol. The van der Waals surface area contributed by atoms with E-state index in [1.165, 1.54) is 11.1 Å². The SMILES string of the molecule is COc1ccc(NCc2cccc(C)c2)nc1. The first kappa shape index (κ1) is 11.5. The molecule has 0 radical (unpaired) electrons. The number of hydrogen-bond acceptors (Lipinski definition) is 3. The first-order valence-corrected chi connectivity index (χ1v) is 5.57. The van der Waals surface area contributed by atoms with Gasteiger partial charge in [-0.15, -0.1) is 0 Å². The fraction of sp³-hybridized carbons (Fsp3) is 0.214. The van der Waals surface area contributed by atoms with E-state index < -0.39 is 0 Å². The summed E-state index contributed by atoms with van der Waals surface area (Å²) in [5.74, 6) is 1.62. The number of nitrogens with zero attached hydrogens (tertiary/aromatic N) is 1. The lowest BCUT2D eigenvalue weighted by Gasteiger charge is -2.07. The molecule has 0 aliphatic heterocycles. The van der Waals surface area contributed by atoms with E-state index in [-0.39, 0.29) is 0 Å². The Labute approximate surface area is 101 Å². The summed E-state index contributed by atoms with van der Waals surface area (Å²) in [6.07, 6.45) is 1.71. The molecule has 0 fully saturated rings. The number of benzene rings is 1. The van der Waals surface area contributed by atoms with E-state index in [1.54, 1.807) is 13.3 Å². The largest absolute Gasteiger partial charge is 0.495 e. The minimum absolute atomic E-state index is 0.770. The van der Waals surface area contributed by atoms with E-state index in [1.807, 2.05) is 12.1 Å². The lowest BCUT2D eigenvalue weighted by molar-refractivity contribution is 0.413. The molecule has 0 saturated heterocycles. The van der Waals surface area contributed by atoms with Crippen molar-refractivity contribution in [3.63, 3.8) is 0 Å². The molecule has 0 aliphatic rings. The Morgan fingerprint density at radius 2 is 2.12 bits per heavy atom. The normalized spacial score (nSPS) is 10.0. The van der Waals surface area contributed by atoms with Crippen molar-refractivity contribution in [2.75, 3.05) is 12.4 Å². The summed E-state index contributed by atoms with van der Waals surface area (Å²) in [7, 11) is 1.64. The highest BCUT2D eigenvalue weighted by Gasteiger charge is 1.96. The highest BCUT2D eigenvalue weighted by Crippen LogP contribution is 2.12. The van der Waals surface area contributed by atoms with Crippen LogP contribution in [0.1, 0.15) is 11.1 Å². The molecule has 0 unspecified atom stereocenters. The van der Waals surface area contributed by atoms with Gasteiger partial charge in [-0.05, 0) is 24.6 Å². The molecule has 2 aromatic rings. The van der Waals surface area contributed by atoms with Gasteiger partial charge in [0.2, 0.25) is 0 Å². The molecule has 0 spiro atoms. The van der Waals surface area contributed by atoms with Gasteiger partial charge >= 0.3 is 0 Å². The van der Waals surface area contributed by atoms with Crippen molar-refractivity contribution >= 4 is 5.82 Å². The molecule has 3 nitrogen and oxygen atoms in total. The first-order chi connectivity index (χ1) is 8.28. The molecule has 17 heavy (non-hydrogen) atoms. The van der Waals surface area contributed by atoms with Crippen molar-refractivity contribution in [1.29, 1.82) is 0 Å². The number of ether oxygens (including phenoxy) is 1. The van der Waals surface area contributed by atoms with Gasteiger partial charge in [0, 0.05) is 6.54 Å². The summed E-state index contributed by atoms with van der Waals surface area (Å²) in [4.78, 5) is 4.25. The van der Waals surface area contributed by atoms with Crippen molar-refractivity contribution in [1.82, 2.24) is 4.98 Å². The second-order valence-electron chi connectivity index (χ2n) is 3.93. The van der Waals surface area contributed by atoms with Gasteiger partial charge in [0.25, 0.3) is 0 Å². The predicted molar refractivity (Wildman–Crippen MR) is 69.3 cm³/mol. The van der Waals surface area contributed by atoms with Crippen LogP contribution in [0.3, 0.4) is 0 Å². The molecular weight excluding hydrogens is 212 g/mol. The van der Waals surface area contributed by atoms with Crippen LogP contribution in [-0.4, -0.2) is 12.1 Å². The predicted octanol–water partition coefficient (Wildman–Crippen LogP) is 3.01. The Kier molecular flexibility index (Phi) is 3.60. The van der Waals surface area contributed by atoms with Crippen LogP contribution in [0.2, 0.25) is 0 Å². The molecule has 88 valence electrons. The third-order valence-corrected chi connectivity index (χ3v) is 2.53. The number of pyridine rings is 1. The highest BCUT2D eigenvalue weighted by atomic mass is 16.5. The molecule has 2 rings (SSSR count). The molecule has 0 aliphatic carbocycles. The summed E-state index contributed by atoms with van der Waals surface area (Å²) < 4.78 is 5.06. The van der Waals surface area contributed by atoms with Gasteiger partial charge in [-0.3, -0.25) is 0 Å². The molecule has 0 amide bonds. The molecule has 1 aromatic carbocycles. The molecule has 1 heterocycles. The minimum atomic E-state index is 0.770. The maximum atomic E-state index is 5.06. The molecule has 0 atom stereocenters. The summed E-state index contributed by atoms with van der Waals surface area (Å²) in [5, 5.41) is 3.27. The lowest BCUT2D eigenvalue weighted by Crippen LogP contribution is -2.01. The zero-order chi connectivity index (χ0) is 12.1. The Balaban J connectivity index is 1.97. The van der Waals surface area contributed by atoms with Crippen LogP contribution in [0.25, 0.3) is 0 Å². The zero-order valence-corrected chi connectivity index (χ0v) is 10.1. The van der Waals surface area contributed by atoms with Gasteiger partial charge in [-0.25, -0.2) is 4.98 Å². The standard InChI is InChI=1S/C14H16N2O/c1-11-4-3-5-12(8-11)9-15-14-7-6-13(17-2)10-16-14/h3-8,10H,9H2,1-2H3,(H,15,16). The number of aryl methyl sites for hydroxylation is 1. The molecule has 0 saturated carbocycles. The van der Waals surface area contributed by atoms with Gasteiger partial charge in [-0.1, -0.05) is 29.8 Å². The Morgan fingerprint density at radius 3 is 2.76 bits per heavy atom. The van der Waals surface area contributed by atoms with E-state index in [4.69, 9.17) is 4.74 Å². The average molecular weight is 228 g/mol. The van der Waals surface area contributed by atoms with Crippen LogP contribution in [0.15, 0.2) is 42.6 Å². The summed E-state index contributed by atoms with van der Waals surface area (Å²) >= 11 is 0. The van der Waals surface area contributed by atoms with Gasteiger partial charge in [0.05, 0.1) is 13.3 Å². The first-order valence-electron chi connectivity index (χ1n) is 5.57. The smallest absolute Gasteiger partial charge is 0.137 e. The summed E-state index contributed by atoms with van der Waals surface area (Å²) in [6.45, 7) is 2.87. The van der Waals surface area contributed by atoms with Gasteiger partial charge < -0.3 is 10.1 Å². The van der Waals surface area contributed by atoms with Crippen molar-refractivity contribution in [3.05, 3.63) is 53.7 Å². The minimum Gasteiger partial charge on any atom is -0.495 e. The number of hydrogen-bond donors (Lipinski definition) is 1. The lowest BCUT2D eigenvalue weighted by atomic mass is 10.1. The summed E-state index contributed by atoms with van der Waals surface area (Å²) in [5.41, 5.74) is 2.52. The molecular formula is C14H16N2O. The Hall–Kier alpha value is -2.03. The van der Waals surface area contributed by atoms with E-state index in [9.17, 15) is 0 Å². The van der Waals surface area contributed by atoms with E-state index in [0.717, 1.165) is 18.1 Å². The highest BCUT2D eigenvalue weighted by molar-refractivity contribution is 5.38. The van der Waals surface area contributed by atoms with E-state index in [2.05, 4.69) is 41.5 Å². The van der Waals surface area contributed by atoms with Crippen molar-refractivity contribution in [2.24, 2.45) is 0 Å². The van der Waals surface area contributed by atoms with Crippen LogP contribution in [-0.2, 0) is 6.54 Å². The number of aromatic nitrogens is 1. The number of nitrogens with one attached hydrogen (secondary N) is 1. The van der Waals surface area contributed by atoms with Crippen LogP contribution < -0.4 is 10.1 Å². The molecule has 1 aromatic heterocycles. The zero-order valence-electron chi connectivity index (χ0n) is 10.1. The van der Waals surface area contributed by atoms with Gasteiger partial charge in [-0.2, -0.15) is 0 Å². The van der Waals surface area contributed by atoms with E-state index in [0.29, 0.717) is 0 Å². The maximum Gasteiger partial charge on any atom is 0.137 e. The summed E-state index contributed by atoms with van der Waals surface area (Å²) in [6, 6.07) is 12.2. The number of methoxy groups -OCH3 is 1. The van der Waals surface area contributed by atoms with Crippen molar-refractivity contribution < 1.29 is 4.74 Å². The molecule has 3 heteroatoms. The van der Waals surface area contributed by atoms with E-state index >= 15 is 0 Å². The number of anilines is 1. The van der Waals surface area contributed by atoms with Crippen LogP contribution in [0.4, 0.5) is 5.82 Å². The topological polar surface area (TPSA) is 34.1 Å². The van der Waals surface area contributed by atoms with Gasteiger partial charge in [0.1, 0.15) is 11.6 Å². The Bertz CT molecular complexity index is 480. The van der Waals surface area contributed by atoms with Crippen molar-refractivity contribution in [3.8, 4) is 5.75 Å². The Morgan fingerprint density at radius 1 is 1.24 bits per heavy atom. The quantitative estimate of drug-likeness (QED) is 0.873. The van der Waals surface area contributed by atoms with Crippen LogP contribution in [0.5, 0.6) is 5.75 Å². The third kappa shape index (κ3) is 3.21. The second-order valence-corrected chi connectivity index (χ2v) is 3.93. The average Bonchev–Trinajstić information content (AvgIpc) is 2.37. The van der Waals surface area contributed by atoms with Crippen LogP contribution in [0, 0.1) is 6.92 Å².